The highest BCUT2D eigenvalue weighted by Crippen LogP contribution is 2.22. The van der Waals surface area contributed by atoms with E-state index in [0.29, 0.717) is 17.9 Å². The summed E-state index contributed by atoms with van der Waals surface area (Å²) in [6, 6.07) is 23.3. The number of ether oxygens (including phenoxy) is 2. The molecule has 3 nitrogen and oxygen atoms in total. The molecule has 0 spiro atoms. The maximum Gasteiger partial charge on any atom is 0.123 e. The second kappa shape index (κ2) is 8.68. The summed E-state index contributed by atoms with van der Waals surface area (Å²) in [6.45, 7) is 0.294. The Balaban J connectivity index is 1.69. The van der Waals surface area contributed by atoms with Gasteiger partial charge in [0.25, 0.3) is 0 Å². The molecule has 27 heavy (non-hydrogen) atoms. The SMILES string of the molecule is COc1ccc(/C(C#N)=C/c2ccc(OCc3cccc(F)c3)cc2)cc1. The normalized spacial score (nSPS) is 10.9. The lowest BCUT2D eigenvalue weighted by atomic mass is 10.0. The van der Waals surface area contributed by atoms with Crippen molar-refractivity contribution in [1.29, 1.82) is 5.26 Å². The van der Waals surface area contributed by atoms with E-state index in [4.69, 9.17) is 9.47 Å². The lowest BCUT2D eigenvalue weighted by Gasteiger charge is -2.07. The van der Waals surface area contributed by atoms with Crippen LogP contribution in [-0.2, 0) is 6.61 Å². The number of hydrogen-bond donors (Lipinski definition) is 0. The standard InChI is InChI=1S/C23H18FNO2/c1-26-22-11-7-19(8-12-22)20(15-25)13-17-5-9-23(10-6-17)27-16-18-3-2-4-21(24)14-18/h2-14H,16H2,1H3/b20-13+. The molecular weight excluding hydrogens is 341 g/mol. The van der Waals surface area contributed by atoms with Gasteiger partial charge in [-0.25, -0.2) is 4.39 Å². The Labute approximate surface area is 157 Å². The van der Waals surface area contributed by atoms with Crippen LogP contribution < -0.4 is 9.47 Å². The van der Waals surface area contributed by atoms with Crippen molar-refractivity contribution in [2.75, 3.05) is 7.11 Å². The van der Waals surface area contributed by atoms with E-state index in [1.807, 2.05) is 60.7 Å². The van der Waals surface area contributed by atoms with Crippen molar-refractivity contribution in [3.63, 3.8) is 0 Å². The molecule has 0 radical (unpaired) electrons. The quantitative estimate of drug-likeness (QED) is 0.432. The van der Waals surface area contributed by atoms with Crippen molar-refractivity contribution in [3.05, 3.63) is 95.3 Å². The van der Waals surface area contributed by atoms with E-state index < -0.39 is 0 Å². The first kappa shape index (κ1) is 18.2. The summed E-state index contributed by atoms with van der Waals surface area (Å²) >= 11 is 0. The summed E-state index contributed by atoms with van der Waals surface area (Å²) in [5.41, 5.74) is 3.04. The molecule has 0 aromatic heterocycles. The van der Waals surface area contributed by atoms with Gasteiger partial charge in [0.15, 0.2) is 0 Å². The molecule has 3 aromatic rings. The van der Waals surface area contributed by atoms with Gasteiger partial charge in [0.1, 0.15) is 23.9 Å². The van der Waals surface area contributed by atoms with Crippen LogP contribution in [0.4, 0.5) is 4.39 Å². The lowest BCUT2D eigenvalue weighted by Crippen LogP contribution is -1.95. The maximum absolute atomic E-state index is 13.2. The van der Waals surface area contributed by atoms with Crippen LogP contribution in [0, 0.1) is 17.1 Å². The molecule has 0 N–H and O–H groups in total. The Morgan fingerprint density at radius 3 is 2.33 bits per heavy atom. The highest BCUT2D eigenvalue weighted by molar-refractivity contribution is 5.89. The minimum absolute atomic E-state index is 0.279. The first-order valence-electron chi connectivity index (χ1n) is 8.41. The molecule has 0 amide bonds. The van der Waals surface area contributed by atoms with Crippen LogP contribution in [-0.4, -0.2) is 7.11 Å². The van der Waals surface area contributed by atoms with E-state index >= 15 is 0 Å². The van der Waals surface area contributed by atoms with Crippen molar-refractivity contribution < 1.29 is 13.9 Å². The molecule has 0 saturated carbocycles. The fourth-order valence-electron chi connectivity index (χ4n) is 2.57. The Morgan fingerprint density at radius 1 is 1.00 bits per heavy atom. The third-order valence-corrected chi connectivity index (χ3v) is 4.01. The molecule has 0 fully saturated rings. The number of benzene rings is 3. The van der Waals surface area contributed by atoms with E-state index in [1.165, 1.54) is 12.1 Å². The van der Waals surface area contributed by atoms with E-state index in [2.05, 4.69) is 6.07 Å². The van der Waals surface area contributed by atoms with E-state index in [-0.39, 0.29) is 5.82 Å². The van der Waals surface area contributed by atoms with Gasteiger partial charge >= 0.3 is 0 Å². The van der Waals surface area contributed by atoms with Gasteiger partial charge in [-0.1, -0.05) is 24.3 Å². The predicted octanol–water partition coefficient (Wildman–Crippen LogP) is 5.48. The van der Waals surface area contributed by atoms with E-state index in [0.717, 1.165) is 22.4 Å². The van der Waals surface area contributed by atoms with Crippen molar-refractivity contribution >= 4 is 11.6 Å². The van der Waals surface area contributed by atoms with Crippen molar-refractivity contribution in [3.8, 4) is 17.6 Å². The number of methoxy groups -OCH3 is 1. The fourth-order valence-corrected chi connectivity index (χ4v) is 2.57. The predicted molar refractivity (Wildman–Crippen MR) is 104 cm³/mol. The van der Waals surface area contributed by atoms with Crippen molar-refractivity contribution in [2.45, 2.75) is 6.61 Å². The van der Waals surface area contributed by atoms with Gasteiger partial charge in [-0.15, -0.1) is 0 Å². The van der Waals surface area contributed by atoms with Gasteiger partial charge < -0.3 is 9.47 Å². The third kappa shape index (κ3) is 4.96. The summed E-state index contributed by atoms with van der Waals surface area (Å²) in [7, 11) is 1.61. The summed E-state index contributed by atoms with van der Waals surface area (Å²) < 4.78 is 24.0. The van der Waals surface area contributed by atoms with Crippen LogP contribution in [0.5, 0.6) is 11.5 Å². The molecule has 0 atom stereocenters. The summed E-state index contributed by atoms with van der Waals surface area (Å²) in [5.74, 6) is 1.15. The second-order valence-corrected chi connectivity index (χ2v) is 5.89. The largest absolute Gasteiger partial charge is 0.497 e. The monoisotopic (exact) mass is 359 g/mol. The van der Waals surface area contributed by atoms with Crippen molar-refractivity contribution in [1.82, 2.24) is 0 Å². The van der Waals surface area contributed by atoms with Gasteiger partial charge in [-0.05, 0) is 71.3 Å². The van der Waals surface area contributed by atoms with E-state index in [9.17, 15) is 9.65 Å². The zero-order valence-corrected chi connectivity index (χ0v) is 14.9. The molecule has 4 heteroatoms. The van der Waals surface area contributed by atoms with Gasteiger partial charge in [0.2, 0.25) is 0 Å². The zero-order chi connectivity index (χ0) is 19.1. The number of nitrogens with zero attached hydrogens (tertiary/aromatic N) is 1. The molecule has 0 aliphatic rings. The molecule has 0 saturated heterocycles. The smallest absolute Gasteiger partial charge is 0.123 e. The zero-order valence-electron chi connectivity index (χ0n) is 14.9. The molecular formula is C23H18FNO2. The Morgan fingerprint density at radius 2 is 1.70 bits per heavy atom. The Kier molecular flexibility index (Phi) is 5.86. The van der Waals surface area contributed by atoms with Gasteiger partial charge in [-0.2, -0.15) is 5.26 Å². The molecule has 0 heterocycles. The lowest BCUT2D eigenvalue weighted by molar-refractivity contribution is 0.305. The molecule has 3 rings (SSSR count). The van der Waals surface area contributed by atoms with Crippen LogP contribution in [0.1, 0.15) is 16.7 Å². The third-order valence-electron chi connectivity index (χ3n) is 4.01. The average molecular weight is 359 g/mol. The number of hydrogen-bond acceptors (Lipinski definition) is 3. The van der Waals surface area contributed by atoms with Crippen LogP contribution >= 0.6 is 0 Å². The summed E-state index contributed by atoms with van der Waals surface area (Å²) in [6.07, 6.45) is 1.82. The highest BCUT2D eigenvalue weighted by atomic mass is 19.1. The first-order chi connectivity index (χ1) is 13.2. The molecule has 3 aromatic carbocycles. The second-order valence-electron chi connectivity index (χ2n) is 5.89. The molecule has 0 bridgehead atoms. The van der Waals surface area contributed by atoms with E-state index in [1.54, 1.807) is 13.2 Å². The van der Waals surface area contributed by atoms with Crippen molar-refractivity contribution in [2.24, 2.45) is 0 Å². The van der Waals surface area contributed by atoms with Gasteiger partial charge in [0, 0.05) is 0 Å². The minimum atomic E-state index is -0.279. The number of nitriles is 1. The fraction of sp³-hybridized carbons (Fsp3) is 0.0870. The van der Waals surface area contributed by atoms with Gasteiger partial charge in [0.05, 0.1) is 18.8 Å². The van der Waals surface area contributed by atoms with Crippen LogP contribution in [0.25, 0.3) is 11.6 Å². The molecule has 0 aliphatic carbocycles. The van der Waals surface area contributed by atoms with Crippen LogP contribution in [0.3, 0.4) is 0 Å². The number of allylic oxidation sites excluding steroid dienone is 1. The van der Waals surface area contributed by atoms with Crippen LogP contribution in [0.15, 0.2) is 72.8 Å². The molecule has 0 aliphatic heterocycles. The molecule has 134 valence electrons. The summed E-state index contributed by atoms with van der Waals surface area (Å²) in [4.78, 5) is 0. The van der Waals surface area contributed by atoms with Gasteiger partial charge in [-0.3, -0.25) is 0 Å². The maximum atomic E-state index is 13.2. The number of rotatable bonds is 6. The highest BCUT2D eigenvalue weighted by Gasteiger charge is 2.03. The topological polar surface area (TPSA) is 42.2 Å². The minimum Gasteiger partial charge on any atom is -0.497 e. The number of halogens is 1. The molecule has 0 unspecified atom stereocenters. The van der Waals surface area contributed by atoms with Crippen LogP contribution in [0.2, 0.25) is 0 Å². The average Bonchev–Trinajstić information content (AvgIpc) is 2.71. The summed E-state index contributed by atoms with van der Waals surface area (Å²) in [5, 5.41) is 9.45. The Hall–Kier alpha value is -3.58. The Bertz CT molecular complexity index is 971. The first-order valence-corrected chi connectivity index (χ1v) is 8.41.